The second-order valence-electron chi connectivity index (χ2n) is 6.77. The van der Waals surface area contributed by atoms with Crippen molar-refractivity contribution >= 4 is 34.9 Å². The molecule has 0 saturated heterocycles. The average Bonchev–Trinajstić information content (AvgIpc) is 2.93. The molecule has 0 bridgehead atoms. The van der Waals surface area contributed by atoms with E-state index < -0.39 is 0 Å². The van der Waals surface area contributed by atoms with Gasteiger partial charge in [-0.05, 0) is 30.5 Å². The zero-order valence-electron chi connectivity index (χ0n) is 17.4. The Kier molecular flexibility index (Phi) is 7.87. The van der Waals surface area contributed by atoms with Gasteiger partial charge in [0.2, 0.25) is 6.41 Å². The van der Waals surface area contributed by atoms with Gasteiger partial charge in [-0.25, -0.2) is 0 Å². The number of ether oxygens (including phenoxy) is 1. The molecule has 0 radical (unpaired) electrons. The number of allylic oxidation sites excluding steroid dienone is 4. The fourth-order valence-electron chi connectivity index (χ4n) is 3.39. The molecule has 3 rings (SSSR count). The second-order valence-corrected chi connectivity index (χ2v) is 7.80. The molecule has 7 nitrogen and oxygen atoms in total. The first-order valence-electron chi connectivity index (χ1n) is 10.1. The molecule has 2 aromatic rings. The van der Waals surface area contributed by atoms with Crippen LogP contribution in [0.5, 0.6) is 5.75 Å². The number of rotatable bonds is 11. The summed E-state index contributed by atoms with van der Waals surface area (Å²) in [6.07, 6.45) is 8.47. The fourth-order valence-corrected chi connectivity index (χ4v) is 4.60. The van der Waals surface area contributed by atoms with E-state index in [1.54, 1.807) is 24.6 Å². The number of nitrogens with one attached hydrogen (secondary N) is 3. The van der Waals surface area contributed by atoms with Crippen LogP contribution in [-0.4, -0.2) is 37.1 Å². The summed E-state index contributed by atoms with van der Waals surface area (Å²) in [7, 11) is 1.78. The Hall–Kier alpha value is -2.84. The third-order valence-corrected chi connectivity index (χ3v) is 6.17. The zero-order chi connectivity index (χ0) is 21.3. The Morgan fingerprint density at radius 2 is 2.17 bits per heavy atom. The molecule has 8 heteroatoms. The van der Waals surface area contributed by atoms with Crippen molar-refractivity contribution in [3.63, 3.8) is 0 Å². The minimum absolute atomic E-state index is 0.122. The summed E-state index contributed by atoms with van der Waals surface area (Å²) < 4.78 is 7.68. The van der Waals surface area contributed by atoms with E-state index in [4.69, 9.17) is 4.74 Å². The monoisotopic (exact) mass is 428 g/mol. The topological polar surface area (TPSA) is 84.4 Å². The summed E-state index contributed by atoms with van der Waals surface area (Å²) in [5.41, 5.74) is 3.67. The van der Waals surface area contributed by atoms with Gasteiger partial charge in [-0.2, -0.15) is 0 Å². The highest BCUT2D eigenvalue weighted by Crippen LogP contribution is 2.32. The van der Waals surface area contributed by atoms with E-state index in [9.17, 15) is 9.59 Å². The van der Waals surface area contributed by atoms with Crippen LogP contribution in [0, 0.1) is 0 Å². The summed E-state index contributed by atoms with van der Waals surface area (Å²) in [5.74, 6) is 0.677. The van der Waals surface area contributed by atoms with Crippen molar-refractivity contribution in [2.24, 2.45) is 0 Å². The summed E-state index contributed by atoms with van der Waals surface area (Å²) >= 11 is 1.56. The van der Waals surface area contributed by atoms with Crippen molar-refractivity contribution < 1.29 is 9.53 Å². The summed E-state index contributed by atoms with van der Waals surface area (Å²) in [5, 5.41) is 9.04. The Morgan fingerprint density at radius 1 is 1.30 bits per heavy atom. The Morgan fingerprint density at radius 3 is 2.93 bits per heavy atom. The lowest BCUT2D eigenvalue weighted by Crippen LogP contribution is -2.27. The Bertz CT molecular complexity index is 991. The number of amides is 1. The molecule has 160 valence electrons. The normalized spacial score (nSPS) is 12.7. The van der Waals surface area contributed by atoms with Crippen LogP contribution < -0.4 is 26.2 Å². The molecule has 1 aromatic heterocycles. The number of hydrogen-bond acceptors (Lipinski definition) is 6. The van der Waals surface area contributed by atoms with E-state index in [1.807, 2.05) is 22.2 Å². The Labute approximate surface area is 180 Å². The van der Waals surface area contributed by atoms with Crippen LogP contribution in [0.25, 0.3) is 5.57 Å². The Balaban J connectivity index is 1.50. The molecule has 0 aliphatic heterocycles. The lowest BCUT2D eigenvalue weighted by Gasteiger charge is -2.14. The number of benzene rings is 1. The van der Waals surface area contributed by atoms with Crippen LogP contribution in [0.2, 0.25) is 0 Å². The van der Waals surface area contributed by atoms with E-state index in [2.05, 4.69) is 35.0 Å². The smallest absolute Gasteiger partial charge is 0.264 e. The maximum atomic E-state index is 12.7. The highest BCUT2D eigenvalue weighted by Gasteiger charge is 2.17. The van der Waals surface area contributed by atoms with Crippen LogP contribution in [0.4, 0.5) is 11.4 Å². The maximum absolute atomic E-state index is 12.7. The first kappa shape index (κ1) is 21.9. The summed E-state index contributed by atoms with van der Waals surface area (Å²) in [4.78, 5) is 24.6. The van der Waals surface area contributed by atoms with Gasteiger partial charge in [0.25, 0.3) is 5.56 Å². The molecule has 0 spiro atoms. The van der Waals surface area contributed by atoms with Crippen molar-refractivity contribution in [3.8, 4) is 5.75 Å². The molecule has 1 heterocycles. The molecule has 1 aliphatic rings. The van der Waals surface area contributed by atoms with Crippen molar-refractivity contribution in [2.75, 3.05) is 37.4 Å². The minimum atomic E-state index is 0.122. The van der Waals surface area contributed by atoms with Crippen LogP contribution in [-0.2, 0) is 17.8 Å². The SMILES string of the molecule is CCC1=CC=CCc2c1sn(CCNCCOc1cccc(NC=O)c1NC)c2=O. The first-order valence-corrected chi connectivity index (χ1v) is 10.9. The first-order chi connectivity index (χ1) is 14.7. The zero-order valence-corrected chi connectivity index (χ0v) is 18.2. The summed E-state index contributed by atoms with van der Waals surface area (Å²) in [6, 6.07) is 5.49. The number of carbonyl (C=O) groups excluding carboxylic acids is 1. The van der Waals surface area contributed by atoms with Crippen molar-refractivity contribution in [2.45, 2.75) is 26.3 Å². The average molecular weight is 429 g/mol. The number of para-hydroxylation sites is 1. The third-order valence-electron chi connectivity index (χ3n) is 4.91. The fraction of sp³-hybridized carbons (Fsp3) is 0.364. The molecular formula is C22H28N4O3S. The van der Waals surface area contributed by atoms with E-state index >= 15 is 0 Å². The molecule has 1 amide bonds. The molecule has 1 aromatic carbocycles. The number of fused-ring (bicyclic) bond motifs is 1. The number of carbonyl (C=O) groups is 1. The van der Waals surface area contributed by atoms with Gasteiger partial charge in [0.05, 0.1) is 10.6 Å². The standard InChI is InChI=1S/C22H28N4O3S/c1-3-16-7-4-5-8-17-21(16)30-26(22(17)28)13-11-24-12-14-29-19-10-6-9-18(25-15-27)20(19)23-2/h4-7,9-10,15,23-24H,3,8,11-14H2,1-2H3,(H,25,27). The highest BCUT2D eigenvalue weighted by atomic mass is 32.1. The van der Waals surface area contributed by atoms with Crippen LogP contribution >= 0.6 is 11.5 Å². The largest absolute Gasteiger partial charge is 0.490 e. The minimum Gasteiger partial charge on any atom is -0.490 e. The van der Waals surface area contributed by atoms with Crippen LogP contribution in [0.1, 0.15) is 23.8 Å². The van der Waals surface area contributed by atoms with E-state index in [0.29, 0.717) is 50.5 Å². The van der Waals surface area contributed by atoms with Gasteiger partial charge in [0.15, 0.2) is 0 Å². The van der Waals surface area contributed by atoms with Crippen LogP contribution in [0.15, 0.2) is 41.2 Å². The predicted octanol–water partition coefficient (Wildman–Crippen LogP) is 3.09. The van der Waals surface area contributed by atoms with E-state index in [-0.39, 0.29) is 5.56 Å². The molecule has 30 heavy (non-hydrogen) atoms. The summed E-state index contributed by atoms with van der Waals surface area (Å²) in [6.45, 7) is 4.57. The quantitative estimate of drug-likeness (QED) is 0.378. The highest BCUT2D eigenvalue weighted by molar-refractivity contribution is 7.07. The van der Waals surface area contributed by atoms with Crippen molar-refractivity contribution in [1.29, 1.82) is 0 Å². The molecule has 0 saturated carbocycles. The van der Waals surface area contributed by atoms with Crippen molar-refractivity contribution in [1.82, 2.24) is 9.27 Å². The van der Waals surface area contributed by atoms with Gasteiger partial charge in [0, 0.05) is 32.2 Å². The van der Waals surface area contributed by atoms with Gasteiger partial charge in [-0.15, -0.1) is 0 Å². The molecule has 1 aliphatic carbocycles. The van der Waals surface area contributed by atoms with Crippen LogP contribution in [0.3, 0.4) is 0 Å². The van der Waals surface area contributed by atoms with E-state index in [1.165, 1.54) is 5.57 Å². The molecule has 0 unspecified atom stereocenters. The second kappa shape index (κ2) is 10.8. The lowest BCUT2D eigenvalue weighted by atomic mass is 10.1. The van der Waals surface area contributed by atoms with Gasteiger partial charge in [-0.1, -0.05) is 42.8 Å². The molecular weight excluding hydrogens is 400 g/mol. The van der Waals surface area contributed by atoms with Gasteiger partial charge in [-0.3, -0.25) is 13.5 Å². The van der Waals surface area contributed by atoms with Gasteiger partial charge >= 0.3 is 0 Å². The molecule has 0 fully saturated rings. The number of hydrogen-bond donors (Lipinski definition) is 3. The lowest BCUT2D eigenvalue weighted by molar-refractivity contribution is -0.105. The van der Waals surface area contributed by atoms with Crippen molar-refractivity contribution in [3.05, 3.63) is 57.2 Å². The number of aromatic nitrogens is 1. The maximum Gasteiger partial charge on any atom is 0.264 e. The predicted molar refractivity (Wildman–Crippen MR) is 124 cm³/mol. The molecule has 3 N–H and O–H groups in total. The van der Waals surface area contributed by atoms with Gasteiger partial charge < -0.3 is 20.7 Å². The number of nitrogens with zero attached hydrogens (tertiary/aromatic N) is 1. The number of anilines is 2. The molecule has 0 atom stereocenters. The van der Waals surface area contributed by atoms with E-state index in [0.717, 1.165) is 22.5 Å². The third kappa shape index (κ3) is 5.01. The van der Waals surface area contributed by atoms with Gasteiger partial charge in [0.1, 0.15) is 18.0 Å².